The Labute approximate surface area is 108 Å². The van der Waals surface area contributed by atoms with Crippen LogP contribution in [-0.2, 0) is 0 Å². The molecule has 5 heteroatoms. The lowest BCUT2D eigenvalue weighted by Crippen LogP contribution is -2.47. The molecule has 1 fully saturated rings. The molecule has 108 valence electrons. The van der Waals surface area contributed by atoms with Gasteiger partial charge >= 0.3 is 6.18 Å². The third kappa shape index (κ3) is 5.57. The number of rotatable bonds is 6. The van der Waals surface area contributed by atoms with Crippen LogP contribution in [0.15, 0.2) is 0 Å². The highest BCUT2D eigenvalue weighted by molar-refractivity contribution is 4.84. The summed E-state index contributed by atoms with van der Waals surface area (Å²) >= 11 is 0. The summed E-state index contributed by atoms with van der Waals surface area (Å²) < 4.78 is 37.7. The largest absolute Gasteiger partial charge is 0.401 e. The van der Waals surface area contributed by atoms with E-state index in [1.54, 1.807) is 4.90 Å². The molecule has 2 nitrogen and oxygen atoms in total. The second-order valence-corrected chi connectivity index (χ2v) is 5.16. The fourth-order valence-corrected chi connectivity index (χ4v) is 2.88. The SMILES string of the molecule is CCCN(CC(F)(F)F)C1CCCC(NCC)C1. The molecule has 0 heterocycles. The van der Waals surface area contributed by atoms with E-state index in [1.165, 1.54) is 0 Å². The Morgan fingerprint density at radius 2 is 1.94 bits per heavy atom. The number of nitrogens with one attached hydrogen (secondary N) is 1. The zero-order chi connectivity index (χ0) is 13.6. The molecule has 1 aliphatic carbocycles. The van der Waals surface area contributed by atoms with Gasteiger partial charge in [0.05, 0.1) is 6.54 Å². The fraction of sp³-hybridized carbons (Fsp3) is 1.00. The fourth-order valence-electron chi connectivity index (χ4n) is 2.88. The molecule has 1 saturated carbocycles. The van der Waals surface area contributed by atoms with Gasteiger partial charge in [-0.3, -0.25) is 4.90 Å². The molecule has 1 N–H and O–H groups in total. The van der Waals surface area contributed by atoms with Crippen molar-refractivity contribution in [2.45, 2.75) is 64.2 Å². The molecule has 0 radical (unpaired) electrons. The lowest BCUT2D eigenvalue weighted by molar-refractivity contribution is -0.152. The van der Waals surface area contributed by atoms with Crippen molar-refractivity contribution in [1.82, 2.24) is 10.2 Å². The topological polar surface area (TPSA) is 15.3 Å². The normalized spacial score (nSPS) is 25.7. The van der Waals surface area contributed by atoms with Gasteiger partial charge < -0.3 is 5.32 Å². The van der Waals surface area contributed by atoms with Crippen LogP contribution in [0.5, 0.6) is 0 Å². The minimum atomic E-state index is -4.08. The van der Waals surface area contributed by atoms with Gasteiger partial charge in [0, 0.05) is 12.1 Å². The Balaban J connectivity index is 2.55. The number of halogens is 3. The van der Waals surface area contributed by atoms with E-state index in [2.05, 4.69) is 5.32 Å². The molecular formula is C13H25F3N2. The average Bonchev–Trinajstić information content (AvgIpc) is 2.28. The van der Waals surface area contributed by atoms with E-state index in [9.17, 15) is 13.2 Å². The zero-order valence-corrected chi connectivity index (χ0v) is 11.4. The van der Waals surface area contributed by atoms with E-state index in [0.717, 1.165) is 38.6 Å². The highest BCUT2D eigenvalue weighted by Gasteiger charge is 2.35. The molecule has 0 aromatic rings. The van der Waals surface area contributed by atoms with Gasteiger partial charge in [0.2, 0.25) is 0 Å². The molecule has 0 amide bonds. The molecule has 0 saturated heterocycles. The third-order valence-corrected chi connectivity index (χ3v) is 3.55. The Morgan fingerprint density at radius 1 is 1.22 bits per heavy atom. The summed E-state index contributed by atoms with van der Waals surface area (Å²) in [6.07, 6.45) is 0.567. The molecule has 2 atom stereocenters. The van der Waals surface area contributed by atoms with Crippen molar-refractivity contribution in [3.63, 3.8) is 0 Å². The summed E-state index contributed by atoms with van der Waals surface area (Å²) in [6.45, 7) is 4.66. The van der Waals surface area contributed by atoms with Crippen molar-refractivity contribution in [2.24, 2.45) is 0 Å². The standard InChI is InChI=1S/C13H25F3N2/c1-3-8-18(10-13(14,15)16)12-7-5-6-11(9-12)17-4-2/h11-12,17H,3-10H2,1-2H3. The van der Waals surface area contributed by atoms with Crippen LogP contribution in [0.25, 0.3) is 0 Å². The van der Waals surface area contributed by atoms with Crippen molar-refractivity contribution in [1.29, 1.82) is 0 Å². The first-order chi connectivity index (χ1) is 8.46. The Hall–Kier alpha value is -0.290. The first-order valence-corrected chi connectivity index (χ1v) is 7.00. The highest BCUT2D eigenvalue weighted by atomic mass is 19.4. The van der Waals surface area contributed by atoms with Crippen LogP contribution in [0.2, 0.25) is 0 Å². The predicted octanol–water partition coefficient (Wildman–Crippen LogP) is 3.18. The van der Waals surface area contributed by atoms with Gasteiger partial charge in [0.1, 0.15) is 0 Å². The molecule has 0 spiro atoms. The van der Waals surface area contributed by atoms with Crippen molar-refractivity contribution in [3.05, 3.63) is 0 Å². The summed E-state index contributed by atoms with van der Waals surface area (Å²) in [5.74, 6) is 0. The van der Waals surface area contributed by atoms with Gasteiger partial charge in [-0.2, -0.15) is 13.2 Å². The molecule has 2 unspecified atom stereocenters. The first-order valence-electron chi connectivity index (χ1n) is 7.00. The first kappa shape index (κ1) is 15.8. The van der Waals surface area contributed by atoms with Gasteiger partial charge in [-0.25, -0.2) is 0 Å². The number of hydrogen-bond acceptors (Lipinski definition) is 2. The molecule has 1 aliphatic rings. The van der Waals surface area contributed by atoms with E-state index in [1.807, 2.05) is 13.8 Å². The van der Waals surface area contributed by atoms with Crippen LogP contribution in [0, 0.1) is 0 Å². The van der Waals surface area contributed by atoms with E-state index in [0.29, 0.717) is 12.6 Å². The smallest absolute Gasteiger partial charge is 0.314 e. The predicted molar refractivity (Wildman–Crippen MR) is 67.6 cm³/mol. The van der Waals surface area contributed by atoms with Crippen molar-refractivity contribution >= 4 is 0 Å². The number of nitrogens with zero attached hydrogens (tertiary/aromatic N) is 1. The maximum absolute atomic E-state index is 12.6. The molecule has 18 heavy (non-hydrogen) atoms. The molecular weight excluding hydrogens is 241 g/mol. The number of hydrogen-bond donors (Lipinski definition) is 1. The summed E-state index contributed by atoms with van der Waals surface area (Å²) in [4.78, 5) is 1.63. The minimum absolute atomic E-state index is 0.0874. The molecule has 0 bridgehead atoms. The second kappa shape index (κ2) is 7.34. The molecule has 0 aliphatic heterocycles. The minimum Gasteiger partial charge on any atom is -0.314 e. The quantitative estimate of drug-likeness (QED) is 0.794. The summed E-state index contributed by atoms with van der Waals surface area (Å²) in [7, 11) is 0. The average molecular weight is 266 g/mol. The van der Waals surface area contributed by atoms with Gasteiger partial charge in [-0.05, 0) is 38.8 Å². The van der Waals surface area contributed by atoms with E-state index >= 15 is 0 Å². The lowest BCUT2D eigenvalue weighted by atomic mass is 9.89. The third-order valence-electron chi connectivity index (χ3n) is 3.55. The van der Waals surface area contributed by atoms with Crippen LogP contribution < -0.4 is 5.32 Å². The van der Waals surface area contributed by atoms with Crippen LogP contribution in [-0.4, -0.2) is 42.8 Å². The number of alkyl halides is 3. The summed E-state index contributed by atoms with van der Waals surface area (Å²) in [5, 5.41) is 3.37. The van der Waals surface area contributed by atoms with Crippen LogP contribution >= 0.6 is 0 Å². The van der Waals surface area contributed by atoms with E-state index in [4.69, 9.17) is 0 Å². The van der Waals surface area contributed by atoms with E-state index < -0.39 is 12.7 Å². The summed E-state index contributed by atoms with van der Waals surface area (Å²) in [6, 6.07) is 0.478. The maximum atomic E-state index is 12.6. The molecule has 0 aromatic carbocycles. The van der Waals surface area contributed by atoms with Crippen molar-refractivity contribution in [2.75, 3.05) is 19.6 Å². The van der Waals surface area contributed by atoms with Crippen molar-refractivity contribution < 1.29 is 13.2 Å². The van der Waals surface area contributed by atoms with Gasteiger partial charge in [0.25, 0.3) is 0 Å². The van der Waals surface area contributed by atoms with Gasteiger partial charge in [0.15, 0.2) is 0 Å². The highest BCUT2D eigenvalue weighted by Crippen LogP contribution is 2.26. The van der Waals surface area contributed by atoms with Gasteiger partial charge in [-0.15, -0.1) is 0 Å². The second-order valence-electron chi connectivity index (χ2n) is 5.16. The van der Waals surface area contributed by atoms with Crippen molar-refractivity contribution in [3.8, 4) is 0 Å². The lowest BCUT2D eigenvalue weighted by Gasteiger charge is -2.38. The zero-order valence-electron chi connectivity index (χ0n) is 11.4. The van der Waals surface area contributed by atoms with Crippen LogP contribution in [0.4, 0.5) is 13.2 Å². The Kier molecular flexibility index (Phi) is 6.43. The van der Waals surface area contributed by atoms with Gasteiger partial charge in [-0.1, -0.05) is 20.3 Å². The Morgan fingerprint density at radius 3 is 2.50 bits per heavy atom. The van der Waals surface area contributed by atoms with Crippen LogP contribution in [0.3, 0.4) is 0 Å². The monoisotopic (exact) mass is 266 g/mol. The summed E-state index contributed by atoms with van der Waals surface area (Å²) in [5.41, 5.74) is 0. The molecule has 0 aromatic heterocycles. The maximum Gasteiger partial charge on any atom is 0.401 e. The van der Waals surface area contributed by atoms with Crippen LogP contribution in [0.1, 0.15) is 46.0 Å². The van der Waals surface area contributed by atoms with E-state index in [-0.39, 0.29) is 6.04 Å². The molecule has 1 rings (SSSR count). The Bertz CT molecular complexity index is 229.